The van der Waals surface area contributed by atoms with Gasteiger partial charge in [0, 0.05) is 44.9 Å². The van der Waals surface area contributed by atoms with Crippen molar-refractivity contribution < 1.29 is 27.7 Å². The van der Waals surface area contributed by atoms with Crippen molar-refractivity contribution in [2.75, 3.05) is 32.7 Å². The van der Waals surface area contributed by atoms with Crippen LogP contribution < -0.4 is 5.32 Å². The molecule has 1 aliphatic rings. The van der Waals surface area contributed by atoms with E-state index >= 15 is 0 Å². The molecular formula is C17H24N4O7S. The lowest BCUT2D eigenvalue weighted by atomic mass is 10.3. The Morgan fingerprint density at radius 1 is 1.24 bits per heavy atom. The summed E-state index contributed by atoms with van der Waals surface area (Å²) in [7, 11) is -3.90. The lowest BCUT2D eigenvalue weighted by Crippen LogP contribution is -2.53. The van der Waals surface area contributed by atoms with Crippen LogP contribution in [0.4, 0.5) is 10.5 Å². The summed E-state index contributed by atoms with van der Waals surface area (Å²) in [6.45, 7) is 4.04. The topological polar surface area (TPSA) is 139 Å². The highest BCUT2D eigenvalue weighted by Gasteiger charge is 2.31. The van der Waals surface area contributed by atoms with Crippen molar-refractivity contribution >= 4 is 27.7 Å². The van der Waals surface area contributed by atoms with Crippen molar-refractivity contribution in [1.29, 1.82) is 0 Å². The highest BCUT2D eigenvalue weighted by molar-refractivity contribution is 7.89. The largest absolute Gasteiger partial charge is 0.463 e. The number of carbonyl (C=O) groups excluding carboxylic acids is 2. The SMILES string of the molecule is CC(C)OC(=O)CCNC(=O)N1CCN(S(=O)(=O)c2cccc([N+](=O)[O-])c2)CC1. The molecule has 1 aliphatic heterocycles. The molecule has 0 unspecified atom stereocenters. The third kappa shape index (κ3) is 6.12. The summed E-state index contributed by atoms with van der Waals surface area (Å²) in [5.41, 5.74) is -0.305. The number of sulfonamides is 1. The van der Waals surface area contributed by atoms with Gasteiger partial charge in [-0.2, -0.15) is 4.31 Å². The number of urea groups is 1. The van der Waals surface area contributed by atoms with Gasteiger partial charge in [0.2, 0.25) is 10.0 Å². The molecule has 0 spiro atoms. The van der Waals surface area contributed by atoms with Crippen molar-refractivity contribution in [2.24, 2.45) is 0 Å². The number of rotatable bonds is 7. The third-order valence-electron chi connectivity index (χ3n) is 4.16. The minimum absolute atomic E-state index is 0.0467. The number of benzene rings is 1. The molecule has 1 N–H and O–H groups in total. The molecule has 1 aromatic carbocycles. The van der Waals surface area contributed by atoms with Gasteiger partial charge in [-0.1, -0.05) is 6.07 Å². The van der Waals surface area contributed by atoms with Crippen molar-refractivity contribution in [3.8, 4) is 0 Å². The fraction of sp³-hybridized carbons (Fsp3) is 0.529. The van der Waals surface area contributed by atoms with Crippen LogP contribution in [0.1, 0.15) is 20.3 Å². The maximum Gasteiger partial charge on any atom is 0.317 e. The van der Waals surface area contributed by atoms with Gasteiger partial charge in [0.25, 0.3) is 5.69 Å². The average Bonchev–Trinajstić information content (AvgIpc) is 2.67. The van der Waals surface area contributed by atoms with E-state index in [1.165, 1.54) is 27.4 Å². The Kier molecular flexibility index (Phi) is 7.51. The minimum Gasteiger partial charge on any atom is -0.463 e. The Balaban J connectivity index is 1.88. The third-order valence-corrected chi connectivity index (χ3v) is 6.06. The lowest BCUT2D eigenvalue weighted by Gasteiger charge is -2.33. The van der Waals surface area contributed by atoms with Crippen LogP contribution in [0.25, 0.3) is 0 Å². The van der Waals surface area contributed by atoms with Gasteiger partial charge in [-0.05, 0) is 19.9 Å². The monoisotopic (exact) mass is 428 g/mol. The molecule has 0 atom stereocenters. The molecule has 0 aromatic heterocycles. The summed E-state index contributed by atoms with van der Waals surface area (Å²) in [5, 5.41) is 13.5. The quantitative estimate of drug-likeness (QED) is 0.387. The van der Waals surface area contributed by atoms with E-state index in [0.29, 0.717) is 0 Å². The second kappa shape index (κ2) is 9.65. The molecule has 29 heavy (non-hydrogen) atoms. The molecule has 1 saturated heterocycles. The number of non-ortho nitro benzene ring substituents is 1. The summed E-state index contributed by atoms with van der Waals surface area (Å²) >= 11 is 0. The number of hydrogen-bond acceptors (Lipinski definition) is 7. The summed E-state index contributed by atoms with van der Waals surface area (Å²) in [4.78, 5) is 35.1. The van der Waals surface area contributed by atoms with E-state index in [9.17, 15) is 28.1 Å². The van der Waals surface area contributed by atoms with Gasteiger partial charge in [-0.3, -0.25) is 14.9 Å². The van der Waals surface area contributed by atoms with E-state index in [0.717, 1.165) is 6.07 Å². The van der Waals surface area contributed by atoms with Crippen LogP contribution in [0.5, 0.6) is 0 Å². The van der Waals surface area contributed by atoms with E-state index < -0.39 is 26.9 Å². The highest BCUT2D eigenvalue weighted by Crippen LogP contribution is 2.22. The molecule has 0 bridgehead atoms. The first-order chi connectivity index (χ1) is 13.6. The lowest BCUT2D eigenvalue weighted by molar-refractivity contribution is -0.385. The number of esters is 1. The van der Waals surface area contributed by atoms with Gasteiger partial charge in [0.15, 0.2) is 0 Å². The molecule has 2 rings (SSSR count). The predicted octanol–water partition coefficient (Wildman–Crippen LogP) is 0.952. The van der Waals surface area contributed by atoms with Crippen LogP contribution in [-0.4, -0.2) is 73.4 Å². The Bertz CT molecular complexity index is 864. The second-order valence-corrected chi connectivity index (χ2v) is 8.60. The zero-order valence-electron chi connectivity index (χ0n) is 16.2. The Morgan fingerprint density at radius 3 is 2.48 bits per heavy atom. The Hall–Kier alpha value is -2.73. The maximum atomic E-state index is 12.7. The van der Waals surface area contributed by atoms with Crippen LogP contribution in [-0.2, 0) is 19.6 Å². The summed E-state index contributed by atoms with van der Waals surface area (Å²) in [5.74, 6) is -0.409. The van der Waals surface area contributed by atoms with Gasteiger partial charge in [0.1, 0.15) is 0 Å². The maximum absolute atomic E-state index is 12.7. The summed E-state index contributed by atoms with van der Waals surface area (Å²) < 4.78 is 31.6. The van der Waals surface area contributed by atoms with E-state index in [1.807, 2.05) is 0 Å². The molecule has 2 amide bonds. The van der Waals surface area contributed by atoms with E-state index in [1.54, 1.807) is 13.8 Å². The number of nitrogens with zero attached hydrogens (tertiary/aromatic N) is 3. The fourth-order valence-electron chi connectivity index (χ4n) is 2.74. The molecule has 12 heteroatoms. The van der Waals surface area contributed by atoms with Crippen molar-refractivity contribution in [1.82, 2.24) is 14.5 Å². The number of nitro groups is 1. The predicted molar refractivity (Wildman–Crippen MR) is 103 cm³/mol. The normalized spacial score (nSPS) is 15.2. The standard InChI is InChI=1S/C17H24N4O7S/c1-13(2)28-16(22)6-7-18-17(23)19-8-10-20(11-9-19)29(26,27)15-5-3-4-14(12-15)21(24)25/h3-5,12-13H,6-11H2,1-2H3,(H,18,23). The van der Waals surface area contributed by atoms with Crippen molar-refractivity contribution in [3.05, 3.63) is 34.4 Å². The number of nitrogens with one attached hydrogen (secondary N) is 1. The van der Waals surface area contributed by atoms with Gasteiger partial charge in [0.05, 0.1) is 22.3 Å². The molecule has 1 aromatic rings. The van der Waals surface area contributed by atoms with Crippen LogP contribution >= 0.6 is 0 Å². The number of nitro benzene ring substituents is 1. The zero-order valence-corrected chi connectivity index (χ0v) is 17.1. The van der Waals surface area contributed by atoms with Crippen LogP contribution in [0.2, 0.25) is 0 Å². The first-order valence-corrected chi connectivity index (χ1v) is 10.5. The minimum atomic E-state index is -3.90. The number of ether oxygens (including phenoxy) is 1. The number of carbonyl (C=O) groups is 2. The van der Waals surface area contributed by atoms with Gasteiger partial charge < -0.3 is 15.0 Å². The molecule has 1 heterocycles. The second-order valence-electron chi connectivity index (χ2n) is 6.67. The molecule has 160 valence electrons. The Labute approximate surface area is 168 Å². The van der Waals surface area contributed by atoms with E-state index in [4.69, 9.17) is 4.74 Å². The fourth-order valence-corrected chi connectivity index (χ4v) is 4.21. The molecule has 11 nitrogen and oxygen atoms in total. The zero-order chi connectivity index (χ0) is 21.6. The first-order valence-electron chi connectivity index (χ1n) is 9.08. The van der Waals surface area contributed by atoms with Gasteiger partial charge in [-0.15, -0.1) is 0 Å². The number of piperazine rings is 1. The average molecular weight is 428 g/mol. The van der Waals surface area contributed by atoms with Crippen LogP contribution in [0.3, 0.4) is 0 Å². The summed E-state index contributed by atoms with van der Waals surface area (Å²) in [6, 6.07) is 4.47. The molecule has 1 fully saturated rings. The molecule has 0 saturated carbocycles. The van der Waals surface area contributed by atoms with Crippen molar-refractivity contribution in [2.45, 2.75) is 31.3 Å². The molecule has 0 aliphatic carbocycles. The van der Waals surface area contributed by atoms with Crippen LogP contribution in [0.15, 0.2) is 29.2 Å². The van der Waals surface area contributed by atoms with Gasteiger partial charge >= 0.3 is 12.0 Å². The highest BCUT2D eigenvalue weighted by atomic mass is 32.2. The van der Waals surface area contributed by atoms with Gasteiger partial charge in [-0.25, -0.2) is 13.2 Å². The van der Waals surface area contributed by atoms with E-state index in [-0.39, 0.29) is 55.8 Å². The summed E-state index contributed by atoms with van der Waals surface area (Å²) in [6.07, 6.45) is -0.176. The number of amides is 2. The van der Waals surface area contributed by atoms with Crippen LogP contribution in [0, 0.1) is 10.1 Å². The molecule has 0 radical (unpaired) electrons. The molecular weight excluding hydrogens is 404 g/mol. The van der Waals surface area contributed by atoms with E-state index in [2.05, 4.69) is 5.32 Å². The number of hydrogen-bond donors (Lipinski definition) is 1. The van der Waals surface area contributed by atoms with Crippen molar-refractivity contribution in [3.63, 3.8) is 0 Å². The Morgan fingerprint density at radius 2 is 1.90 bits per heavy atom. The smallest absolute Gasteiger partial charge is 0.317 e. The first kappa shape index (κ1) is 22.6.